The van der Waals surface area contributed by atoms with Crippen molar-refractivity contribution in [1.29, 1.82) is 0 Å². The summed E-state index contributed by atoms with van der Waals surface area (Å²) in [6, 6.07) is 0. The summed E-state index contributed by atoms with van der Waals surface area (Å²) in [5.41, 5.74) is -0.0996. The first-order chi connectivity index (χ1) is 6.29. The summed E-state index contributed by atoms with van der Waals surface area (Å²) in [5, 5.41) is 0. The van der Waals surface area contributed by atoms with E-state index in [2.05, 4.69) is 4.99 Å². The number of rotatable bonds is 7. The molecule has 0 fully saturated rings. The minimum absolute atomic E-state index is 0.0996. The molecule has 1 unspecified atom stereocenters. The van der Waals surface area contributed by atoms with Gasteiger partial charge >= 0.3 is 9.28 Å². The third kappa shape index (κ3) is 4.95. The number of isocyanates is 1. The Balaban J connectivity index is 4.18. The van der Waals surface area contributed by atoms with Crippen molar-refractivity contribution in [3.05, 3.63) is 0 Å². The largest absolute Gasteiger partial charge is 0.396 e. The molecular weight excluding hydrogens is 186 g/mol. The predicted molar refractivity (Wildman–Crippen MR) is 52.6 cm³/mol. The summed E-state index contributed by atoms with van der Waals surface area (Å²) >= 11 is 0. The Morgan fingerprint density at radius 1 is 1.31 bits per heavy atom. The van der Waals surface area contributed by atoms with Crippen molar-refractivity contribution in [2.45, 2.75) is 32.9 Å². The Labute approximate surface area is 80.8 Å². The van der Waals surface area contributed by atoms with Gasteiger partial charge in [0.1, 0.15) is 5.67 Å². The molecule has 1 atom stereocenters. The molecular formula is C8H17NO3Si. The van der Waals surface area contributed by atoms with Gasteiger partial charge in [0.05, 0.1) is 0 Å². The number of carbonyl (C=O) groups excluding carboxylic acids is 1. The van der Waals surface area contributed by atoms with Crippen LogP contribution in [0, 0.1) is 0 Å². The zero-order chi connectivity index (χ0) is 10.1. The van der Waals surface area contributed by atoms with Gasteiger partial charge in [0, 0.05) is 13.2 Å². The smallest absolute Gasteiger partial charge is 0.347 e. The predicted octanol–water partition coefficient (Wildman–Crippen LogP) is 0.933. The van der Waals surface area contributed by atoms with E-state index in [0.29, 0.717) is 13.2 Å². The Bertz CT molecular complexity index is 165. The van der Waals surface area contributed by atoms with Crippen LogP contribution in [0.5, 0.6) is 0 Å². The van der Waals surface area contributed by atoms with Crippen molar-refractivity contribution in [3.63, 3.8) is 0 Å². The molecule has 5 heteroatoms. The lowest BCUT2D eigenvalue weighted by Crippen LogP contribution is -2.35. The molecule has 0 saturated carbocycles. The van der Waals surface area contributed by atoms with E-state index in [1.807, 2.05) is 20.8 Å². The third-order valence-electron chi connectivity index (χ3n) is 1.61. The van der Waals surface area contributed by atoms with Crippen LogP contribution in [0.4, 0.5) is 0 Å². The first kappa shape index (κ1) is 12.5. The molecule has 76 valence electrons. The summed E-state index contributed by atoms with van der Waals surface area (Å²) < 4.78 is 10.9. The van der Waals surface area contributed by atoms with Crippen molar-refractivity contribution in [2.75, 3.05) is 13.2 Å². The van der Waals surface area contributed by atoms with Gasteiger partial charge in [-0.2, -0.15) is 0 Å². The van der Waals surface area contributed by atoms with E-state index >= 15 is 0 Å². The Kier molecular flexibility index (Phi) is 7.83. The van der Waals surface area contributed by atoms with E-state index in [0.717, 1.165) is 6.42 Å². The average molecular weight is 203 g/mol. The van der Waals surface area contributed by atoms with E-state index in [9.17, 15) is 4.79 Å². The highest BCUT2D eigenvalue weighted by molar-refractivity contribution is 6.46. The quantitative estimate of drug-likeness (QED) is 0.351. The molecule has 0 aliphatic heterocycles. The van der Waals surface area contributed by atoms with Gasteiger partial charge in [-0.25, -0.2) is 9.79 Å². The van der Waals surface area contributed by atoms with Crippen LogP contribution in [-0.2, 0) is 13.6 Å². The van der Waals surface area contributed by atoms with Crippen molar-refractivity contribution in [2.24, 2.45) is 4.99 Å². The molecule has 0 bridgehead atoms. The van der Waals surface area contributed by atoms with E-state index < -0.39 is 9.28 Å². The fourth-order valence-electron chi connectivity index (χ4n) is 1.01. The van der Waals surface area contributed by atoms with Gasteiger partial charge in [0.25, 0.3) is 0 Å². The Morgan fingerprint density at radius 2 is 1.85 bits per heavy atom. The zero-order valence-corrected chi connectivity index (χ0v) is 9.60. The van der Waals surface area contributed by atoms with Crippen LogP contribution in [0.2, 0.25) is 0 Å². The molecule has 0 aliphatic carbocycles. The lowest BCUT2D eigenvalue weighted by molar-refractivity contribution is 0.204. The average Bonchev–Trinajstić information content (AvgIpc) is 2.14. The van der Waals surface area contributed by atoms with E-state index in [-0.39, 0.29) is 5.67 Å². The molecule has 0 aromatic carbocycles. The van der Waals surface area contributed by atoms with Gasteiger partial charge in [-0.3, -0.25) is 0 Å². The second kappa shape index (κ2) is 8.13. The monoisotopic (exact) mass is 203 g/mol. The number of nitrogens with zero attached hydrogens (tertiary/aromatic N) is 1. The standard InChI is InChI=1S/C8H17NO3Si/c1-4-8(9-7-10)13(11-5-2)12-6-3/h8,13H,4-6H2,1-3H3. The lowest BCUT2D eigenvalue weighted by Gasteiger charge is -2.18. The van der Waals surface area contributed by atoms with Crippen LogP contribution >= 0.6 is 0 Å². The van der Waals surface area contributed by atoms with Crippen molar-refractivity contribution < 1.29 is 13.6 Å². The molecule has 0 N–H and O–H groups in total. The molecule has 0 rings (SSSR count). The molecule has 13 heavy (non-hydrogen) atoms. The summed E-state index contributed by atoms with van der Waals surface area (Å²) in [7, 11) is -1.80. The van der Waals surface area contributed by atoms with E-state index in [1.165, 1.54) is 0 Å². The summed E-state index contributed by atoms with van der Waals surface area (Å²) in [5.74, 6) is 0. The second-order valence-electron chi connectivity index (χ2n) is 2.48. The maximum absolute atomic E-state index is 10.1. The highest BCUT2D eigenvalue weighted by Crippen LogP contribution is 2.05. The maximum Gasteiger partial charge on any atom is 0.347 e. The van der Waals surface area contributed by atoms with Gasteiger partial charge in [-0.05, 0) is 20.3 Å². The molecule has 0 radical (unpaired) electrons. The molecule has 0 aliphatic rings. The van der Waals surface area contributed by atoms with E-state index in [1.54, 1.807) is 6.08 Å². The van der Waals surface area contributed by atoms with Gasteiger partial charge in [0.15, 0.2) is 0 Å². The van der Waals surface area contributed by atoms with Crippen LogP contribution < -0.4 is 0 Å². The van der Waals surface area contributed by atoms with Crippen LogP contribution in [0.1, 0.15) is 27.2 Å². The minimum atomic E-state index is -1.80. The third-order valence-corrected chi connectivity index (χ3v) is 4.19. The molecule has 4 nitrogen and oxygen atoms in total. The number of hydrogen-bond acceptors (Lipinski definition) is 4. The number of hydrogen-bond donors (Lipinski definition) is 0. The van der Waals surface area contributed by atoms with Crippen LogP contribution in [0.3, 0.4) is 0 Å². The molecule has 0 aromatic heterocycles. The Morgan fingerprint density at radius 3 is 2.15 bits per heavy atom. The first-order valence-electron chi connectivity index (χ1n) is 4.60. The normalized spacial score (nSPS) is 12.6. The topological polar surface area (TPSA) is 47.9 Å². The van der Waals surface area contributed by atoms with Gasteiger partial charge in [-0.15, -0.1) is 0 Å². The molecule has 0 heterocycles. The summed E-state index contributed by atoms with van der Waals surface area (Å²) in [6.07, 6.45) is 2.34. The zero-order valence-electron chi connectivity index (χ0n) is 8.45. The van der Waals surface area contributed by atoms with Gasteiger partial charge < -0.3 is 8.85 Å². The van der Waals surface area contributed by atoms with Crippen LogP contribution in [0.25, 0.3) is 0 Å². The molecule has 0 saturated heterocycles. The summed E-state index contributed by atoms with van der Waals surface area (Å²) in [4.78, 5) is 13.8. The fourth-order valence-corrected chi connectivity index (χ4v) is 2.78. The van der Waals surface area contributed by atoms with Crippen LogP contribution in [-0.4, -0.2) is 34.2 Å². The van der Waals surface area contributed by atoms with Crippen molar-refractivity contribution in [1.82, 2.24) is 0 Å². The van der Waals surface area contributed by atoms with Gasteiger partial charge in [0.2, 0.25) is 6.08 Å². The SMILES string of the molecule is CCO[SiH](OCC)C(CC)N=C=O. The van der Waals surface area contributed by atoms with E-state index in [4.69, 9.17) is 8.85 Å². The first-order valence-corrected chi connectivity index (χ1v) is 6.21. The highest BCUT2D eigenvalue weighted by atomic mass is 28.3. The maximum atomic E-state index is 10.1. The Hall–Kier alpha value is -0.483. The van der Waals surface area contributed by atoms with Crippen molar-refractivity contribution >= 4 is 15.4 Å². The highest BCUT2D eigenvalue weighted by Gasteiger charge is 2.23. The van der Waals surface area contributed by atoms with Gasteiger partial charge in [-0.1, -0.05) is 6.92 Å². The lowest BCUT2D eigenvalue weighted by atomic mass is 10.5. The molecule has 0 aromatic rings. The molecule has 0 amide bonds. The minimum Gasteiger partial charge on any atom is -0.396 e. The van der Waals surface area contributed by atoms with Crippen LogP contribution in [0.15, 0.2) is 4.99 Å². The molecule has 0 spiro atoms. The summed E-state index contributed by atoms with van der Waals surface area (Å²) in [6.45, 7) is 7.01. The second-order valence-corrected chi connectivity index (χ2v) is 4.65. The fraction of sp³-hybridized carbons (Fsp3) is 0.875. The number of aliphatic imine (C=N–C) groups is 1. The van der Waals surface area contributed by atoms with Crippen molar-refractivity contribution in [3.8, 4) is 0 Å².